The number of amides is 1. The van der Waals surface area contributed by atoms with Crippen LogP contribution in [0.1, 0.15) is 54.9 Å². The number of thiophene rings is 1. The van der Waals surface area contributed by atoms with Gasteiger partial charge in [0.25, 0.3) is 0 Å². The van der Waals surface area contributed by atoms with Crippen LogP contribution in [0.4, 0.5) is 0 Å². The van der Waals surface area contributed by atoms with E-state index in [1.54, 1.807) is 11.3 Å². The normalized spacial score (nSPS) is 30.7. The Labute approximate surface area is 118 Å². The molecule has 1 aromatic rings. The van der Waals surface area contributed by atoms with Crippen molar-refractivity contribution in [1.82, 2.24) is 5.32 Å². The minimum absolute atomic E-state index is 0.0594. The number of hydrogen-bond donors (Lipinski definition) is 2. The molecule has 0 aliphatic heterocycles. The topological polar surface area (TPSA) is 55.1 Å². The molecule has 0 aromatic carbocycles. The first kappa shape index (κ1) is 13.1. The molecule has 4 heteroatoms. The van der Waals surface area contributed by atoms with Crippen LogP contribution in [0.15, 0.2) is 11.4 Å². The van der Waals surface area contributed by atoms with E-state index in [-0.39, 0.29) is 23.9 Å². The van der Waals surface area contributed by atoms with Crippen molar-refractivity contribution in [2.24, 2.45) is 5.73 Å². The average Bonchev–Trinajstić information content (AvgIpc) is 2.89. The highest BCUT2D eigenvalue weighted by Crippen LogP contribution is 2.35. The quantitative estimate of drug-likeness (QED) is 0.873. The number of carbonyl (C=O) groups is 1. The fraction of sp³-hybridized carbons (Fsp3) is 0.667. The van der Waals surface area contributed by atoms with Gasteiger partial charge in [-0.3, -0.25) is 4.79 Å². The molecule has 1 aromatic heterocycles. The molecule has 1 unspecified atom stereocenters. The van der Waals surface area contributed by atoms with Crippen LogP contribution < -0.4 is 11.1 Å². The van der Waals surface area contributed by atoms with E-state index in [9.17, 15) is 4.79 Å². The molecule has 3 atom stereocenters. The van der Waals surface area contributed by atoms with Gasteiger partial charge in [-0.15, -0.1) is 11.3 Å². The van der Waals surface area contributed by atoms with Gasteiger partial charge in [-0.1, -0.05) is 12.8 Å². The molecule has 0 bridgehead atoms. The number of nitrogens with two attached hydrogens (primary N) is 1. The SMILES string of the molecule is N[C@@H]1CCCC[C@H]1NC(=O)C1CCCc2sccc21. The van der Waals surface area contributed by atoms with Crippen LogP contribution in [0, 0.1) is 0 Å². The first-order valence-corrected chi connectivity index (χ1v) is 8.26. The zero-order chi connectivity index (χ0) is 13.2. The van der Waals surface area contributed by atoms with Gasteiger partial charge in [-0.25, -0.2) is 0 Å². The van der Waals surface area contributed by atoms with E-state index < -0.39 is 0 Å². The van der Waals surface area contributed by atoms with Gasteiger partial charge in [0, 0.05) is 17.0 Å². The Bertz CT molecular complexity index is 457. The fourth-order valence-corrected chi connectivity index (χ4v) is 4.37. The summed E-state index contributed by atoms with van der Waals surface area (Å²) in [6, 6.07) is 2.46. The maximum absolute atomic E-state index is 12.5. The van der Waals surface area contributed by atoms with E-state index in [4.69, 9.17) is 5.73 Å². The summed E-state index contributed by atoms with van der Waals surface area (Å²) in [7, 11) is 0. The molecule has 1 heterocycles. The highest BCUT2D eigenvalue weighted by molar-refractivity contribution is 7.10. The Hall–Kier alpha value is -0.870. The summed E-state index contributed by atoms with van der Waals surface area (Å²) in [6.45, 7) is 0. The van der Waals surface area contributed by atoms with Crippen molar-refractivity contribution in [2.75, 3.05) is 0 Å². The van der Waals surface area contributed by atoms with E-state index in [0.29, 0.717) is 0 Å². The third-order valence-corrected chi connectivity index (χ3v) is 5.51. The van der Waals surface area contributed by atoms with Gasteiger partial charge in [-0.2, -0.15) is 0 Å². The van der Waals surface area contributed by atoms with Crippen LogP contribution in [0.2, 0.25) is 0 Å². The summed E-state index contributed by atoms with van der Waals surface area (Å²) in [5, 5.41) is 5.32. The highest BCUT2D eigenvalue weighted by Gasteiger charge is 2.30. The second-order valence-electron chi connectivity index (χ2n) is 5.81. The average molecular weight is 278 g/mol. The van der Waals surface area contributed by atoms with Crippen LogP contribution >= 0.6 is 11.3 Å². The van der Waals surface area contributed by atoms with Crippen molar-refractivity contribution < 1.29 is 4.79 Å². The lowest BCUT2D eigenvalue weighted by atomic mass is 9.85. The molecule has 0 saturated heterocycles. The molecule has 1 amide bonds. The summed E-state index contributed by atoms with van der Waals surface area (Å²) in [4.78, 5) is 13.9. The molecular formula is C15H22N2OS. The lowest BCUT2D eigenvalue weighted by Crippen LogP contribution is -2.50. The fourth-order valence-electron chi connectivity index (χ4n) is 3.38. The Morgan fingerprint density at radius 1 is 1.26 bits per heavy atom. The molecule has 1 fully saturated rings. The van der Waals surface area contributed by atoms with E-state index in [2.05, 4.69) is 16.8 Å². The number of aryl methyl sites for hydroxylation is 1. The monoisotopic (exact) mass is 278 g/mol. The Balaban J connectivity index is 1.68. The maximum Gasteiger partial charge on any atom is 0.227 e. The van der Waals surface area contributed by atoms with Crippen molar-refractivity contribution in [3.63, 3.8) is 0 Å². The zero-order valence-electron chi connectivity index (χ0n) is 11.2. The van der Waals surface area contributed by atoms with Crippen molar-refractivity contribution in [3.05, 3.63) is 21.9 Å². The second kappa shape index (κ2) is 5.63. The number of nitrogens with one attached hydrogen (secondary N) is 1. The smallest absolute Gasteiger partial charge is 0.227 e. The molecule has 104 valence electrons. The van der Waals surface area contributed by atoms with Crippen molar-refractivity contribution in [3.8, 4) is 0 Å². The van der Waals surface area contributed by atoms with E-state index >= 15 is 0 Å². The van der Waals surface area contributed by atoms with Crippen molar-refractivity contribution in [2.45, 2.75) is 62.9 Å². The lowest BCUT2D eigenvalue weighted by Gasteiger charge is -2.31. The minimum atomic E-state index is 0.0594. The molecule has 2 aliphatic carbocycles. The van der Waals surface area contributed by atoms with Crippen LogP contribution in [-0.2, 0) is 11.2 Å². The van der Waals surface area contributed by atoms with Crippen LogP contribution in [-0.4, -0.2) is 18.0 Å². The first-order chi connectivity index (χ1) is 9.25. The van der Waals surface area contributed by atoms with E-state index in [1.807, 2.05) is 0 Å². The molecule has 19 heavy (non-hydrogen) atoms. The molecule has 0 spiro atoms. The van der Waals surface area contributed by atoms with Crippen LogP contribution in [0.3, 0.4) is 0 Å². The van der Waals surface area contributed by atoms with Crippen LogP contribution in [0.5, 0.6) is 0 Å². The molecule has 2 aliphatic rings. The third-order valence-electron chi connectivity index (χ3n) is 4.52. The van der Waals surface area contributed by atoms with Gasteiger partial charge >= 0.3 is 0 Å². The summed E-state index contributed by atoms with van der Waals surface area (Å²) in [5.74, 6) is 0.255. The van der Waals surface area contributed by atoms with Crippen molar-refractivity contribution >= 4 is 17.2 Å². The number of hydrogen-bond acceptors (Lipinski definition) is 3. The van der Waals surface area contributed by atoms with Gasteiger partial charge in [-0.05, 0) is 49.1 Å². The highest BCUT2D eigenvalue weighted by atomic mass is 32.1. The number of rotatable bonds is 2. The summed E-state index contributed by atoms with van der Waals surface area (Å²) < 4.78 is 0. The predicted molar refractivity (Wildman–Crippen MR) is 78.4 cm³/mol. The molecular weight excluding hydrogens is 256 g/mol. The zero-order valence-corrected chi connectivity index (χ0v) is 12.0. The predicted octanol–water partition coefficient (Wildman–Crippen LogP) is 2.55. The minimum Gasteiger partial charge on any atom is -0.351 e. The van der Waals surface area contributed by atoms with Gasteiger partial charge in [0.05, 0.1) is 5.92 Å². The molecule has 3 N–H and O–H groups in total. The summed E-state index contributed by atoms with van der Waals surface area (Å²) in [6.07, 6.45) is 7.72. The lowest BCUT2D eigenvalue weighted by molar-refractivity contribution is -0.123. The third kappa shape index (κ3) is 2.70. The summed E-state index contributed by atoms with van der Waals surface area (Å²) >= 11 is 1.79. The van der Waals surface area contributed by atoms with Gasteiger partial charge in [0.1, 0.15) is 0 Å². The van der Waals surface area contributed by atoms with Gasteiger partial charge < -0.3 is 11.1 Å². The first-order valence-electron chi connectivity index (χ1n) is 7.38. The second-order valence-corrected chi connectivity index (χ2v) is 6.81. The molecule has 1 saturated carbocycles. The standard InChI is InChI=1S/C15H22N2OS/c16-12-5-1-2-6-13(12)17-15(18)11-4-3-7-14-10(11)8-9-19-14/h8-9,11-13H,1-7,16H2,(H,17,18)/t11?,12-,13-/m1/s1. The van der Waals surface area contributed by atoms with Gasteiger partial charge in [0.2, 0.25) is 5.91 Å². The Morgan fingerprint density at radius 2 is 2.11 bits per heavy atom. The van der Waals surface area contributed by atoms with Crippen LogP contribution in [0.25, 0.3) is 0 Å². The Kier molecular flexibility index (Phi) is 3.89. The molecule has 3 nitrogen and oxygen atoms in total. The van der Waals surface area contributed by atoms with E-state index in [1.165, 1.54) is 23.3 Å². The largest absolute Gasteiger partial charge is 0.351 e. The van der Waals surface area contributed by atoms with E-state index in [0.717, 1.165) is 32.1 Å². The summed E-state index contributed by atoms with van der Waals surface area (Å²) in [5.41, 5.74) is 7.38. The van der Waals surface area contributed by atoms with Crippen molar-refractivity contribution in [1.29, 1.82) is 0 Å². The number of fused-ring (bicyclic) bond motifs is 1. The maximum atomic E-state index is 12.5. The number of carbonyl (C=O) groups excluding carboxylic acids is 1. The van der Waals surface area contributed by atoms with Gasteiger partial charge in [0.15, 0.2) is 0 Å². The molecule has 3 rings (SSSR count). The Morgan fingerprint density at radius 3 is 2.95 bits per heavy atom. The molecule has 0 radical (unpaired) electrons.